The first-order chi connectivity index (χ1) is 12.5. The lowest BCUT2D eigenvalue weighted by Gasteiger charge is -2.15. The van der Waals surface area contributed by atoms with Gasteiger partial charge in [0, 0.05) is 49.9 Å². The minimum absolute atomic E-state index is 0. The van der Waals surface area contributed by atoms with Crippen molar-refractivity contribution in [3.63, 3.8) is 0 Å². The molecule has 1 saturated heterocycles. The summed E-state index contributed by atoms with van der Waals surface area (Å²) < 4.78 is 1.73. The Morgan fingerprint density at radius 1 is 1.33 bits per heavy atom. The third kappa shape index (κ3) is 3.91. The Morgan fingerprint density at radius 3 is 2.81 bits per heavy atom. The van der Waals surface area contributed by atoms with Gasteiger partial charge >= 0.3 is 0 Å². The quantitative estimate of drug-likeness (QED) is 0.556. The van der Waals surface area contributed by atoms with Crippen molar-refractivity contribution in [1.29, 1.82) is 0 Å². The number of nitrogens with two attached hydrogens (primary N) is 1. The molecule has 0 saturated carbocycles. The maximum Gasteiger partial charge on any atom is 0.252 e. The molecular weight excluding hydrogens is 457 g/mol. The van der Waals surface area contributed by atoms with Gasteiger partial charge in [-0.15, -0.1) is 24.0 Å². The number of hydrogen-bond acceptors (Lipinski definition) is 4. The number of pyridine rings is 1. The van der Waals surface area contributed by atoms with E-state index in [1.807, 2.05) is 43.6 Å². The fourth-order valence-electron chi connectivity index (χ4n) is 3.82. The van der Waals surface area contributed by atoms with Crippen LogP contribution in [0.5, 0.6) is 0 Å². The number of nitrogens with zero attached hydrogens (tertiary/aromatic N) is 3. The maximum absolute atomic E-state index is 12.4. The van der Waals surface area contributed by atoms with Crippen LogP contribution in [0.15, 0.2) is 47.5 Å². The highest BCUT2D eigenvalue weighted by Crippen LogP contribution is 2.33. The van der Waals surface area contributed by atoms with Crippen molar-refractivity contribution in [3.05, 3.63) is 64.2 Å². The Hall–Kier alpha value is -2.20. The number of hydrogen-bond donors (Lipinski definition) is 2. The molecule has 1 amide bonds. The molecule has 1 aliphatic heterocycles. The first-order valence-corrected chi connectivity index (χ1v) is 8.62. The summed E-state index contributed by atoms with van der Waals surface area (Å²) in [6.07, 6.45) is 3.71. The Balaban J connectivity index is 0.00000210. The summed E-state index contributed by atoms with van der Waals surface area (Å²) in [7, 11) is 1.85. The molecule has 0 unspecified atom stereocenters. The number of amides is 1. The highest BCUT2D eigenvalue weighted by Gasteiger charge is 2.38. The van der Waals surface area contributed by atoms with Crippen LogP contribution in [-0.4, -0.2) is 38.7 Å². The summed E-state index contributed by atoms with van der Waals surface area (Å²) in [5.74, 6) is -0.590. The average molecular weight is 479 g/mol. The van der Waals surface area contributed by atoms with Crippen molar-refractivity contribution in [3.8, 4) is 0 Å². The molecule has 3 heterocycles. The fourth-order valence-corrected chi connectivity index (χ4v) is 3.82. The van der Waals surface area contributed by atoms with E-state index in [9.17, 15) is 9.59 Å². The lowest BCUT2D eigenvalue weighted by molar-refractivity contribution is -0.121. The largest absolute Gasteiger partial charge is 0.369 e. The van der Waals surface area contributed by atoms with Gasteiger partial charge in [0.25, 0.3) is 5.56 Å². The van der Waals surface area contributed by atoms with Gasteiger partial charge in [-0.1, -0.05) is 18.2 Å². The van der Waals surface area contributed by atoms with Crippen LogP contribution >= 0.6 is 24.0 Å². The number of carbonyl (C=O) groups excluding carboxylic acids is 1. The Bertz CT molecular complexity index is 1030. The molecule has 142 valence electrons. The van der Waals surface area contributed by atoms with Gasteiger partial charge in [0.1, 0.15) is 0 Å². The molecule has 2 aromatic heterocycles. The van der Waals surface area contributed by atoms with E-state index >= 15 is 0 Å². The van der Waals surface area contributed by atoms with Gasteiger partial charge in [0.2, 0.25) is 5.91 Å². The van der Waals surface area contributed by atoms with Crippen LogP contribution in [0.1, 0.15) is 17.0 Å². The van der Waals surface area contributed by atoms with Gasteiger partial charge in [-0.2, -0.15) is 5.10 Å². The molecular formula is C19H22IN5O2. The summed E-state index contributed by atoms with van der Waals surface area (Å²) >= 11 is 0. The van der Waals surface area contributed by atoms with Crippen molar-refractivity contribution in [2.24, 2.45) is 18.7 Å². The Kier molecular flexibility index (Phi) is 5.66. The number of halogens is 1. The minimum Gasteiger partial charge on any atom is -0.369 e. The van der Waals surface area contributed by atoms with Crippen LogP contribution in [0.3, 0.4) is 0 Å². The second kappa shape index (κ2) is 7.81. The number of H-pyrrole nitrogens is 1. The zero-order valence-corrected chi connectivity index (χ0v) is 17.3. The number of aryl methyl sites for hydroxylation is 1. The van der Waals surface area contributed by atoms with E-state index in [1.54, 1.807) is 10.9 Å². The fraction of sp³-hybridized carbons (Fsp3) is 0.316. The lowest BCUT2D eigenvalue weighted by Crippen LogP contribution is -2.30. The van der Waals surface area contributed by atoms with E-state index in [4.69, 9.17) is 5.73 Å². The standard InChI is InChI=1S/C19H21N5O2.HI/c1-23-8-14(7-21-23)15-10-24(11-16(15)18(20)25)9-13-6-12-4-2-3-5-17(12)22-19(13)26;/h2-8,15-16H,9-11H2,1H3,(H2,20,25)(H,22,26);1H/t15-,16+;/m1./s1. The summed E-state index contributed by atoms with van der Waals surface area (Å²) in [5.41, 5.74) is 8.06. The zero-order valence-electron chi connectivity index (χ0n) is 15.0. The smallest absolute Gasteiger partial charge is 0.252 e. The van der Waals surface area contributed by atoms with E-state index in [1.165, 1.54) is 0 Å². The van der Waals surface area contributed by atoms with Crippen molar-refractivity contribution >= 4 is 40.8 Å². The van der Waals surface area contributed by atoms with E-state index in [2.05, 4.69) is 15.0 Å². The Morgan fingerprint density at radius 2 is 2.11 bits per heavy atom. The maximum atomic E-state index is 12.4. The van der Waals surface area contributed by atoms with Gasteiger partial charge in [0.05, 0.1) is 12.1 Å². The van der Waals surface area contributed by atoms with E-state index in [0.29, 0.717) is 25.2 Å². The van der Waals surface area contributed by atoms with Gasteiger partial charge in [-0.25, -0.2) is 0 Å². The van der Waals surface area contributed by atoms with Crippen LogP contribution in [0.2, 0.25) is 0 Å². The second-order valence-corrected chi connectivity index (χ2v) is 6.97. The van der Waals surface area contributed by atoms with Crippen molar-refractivity contribution < 1.29 is 4.79 Å². The van der Waals surface area contributed by atoms with Gasteiger partial charge in [-0.3, -0.25) is 19.2 Å². The van der Waals surface area contributed by atoms with E-state index in [-0.39, 0.29) is 47.3 Å². The predicted octanol–water partition coefficient (Wildman–Crippen LogP) is 1.58. The number of rotatable bonds is 4. The van der Waals surface area contributed by atoms with Crippen molar-refractivity contribution in [2.45, 2.75) is 12.5 Å². The highest BCUT2D eigenvalue weighted by atomic mass is 127. The number of nitrogens with one attached hydrogen (secondary N) is 1. The molecule has 0 radical (unpaired) electrons. The van der Waals surface area contributed by atoms with Crippen LogP contribution < -0.4 is 11.3 Å². The first-order valence-electron chi connectivity index (χ1n) is 8.62. The van der Waals surface area contributed by atoms with Crippen molar-refractivity contribution in [2.75, 3.05) is 13.1 Å². The number of primary amides is 1. The lowest BCUT2D eigenvalue weighted by atomic mass is 9.90. The van der Waals surface area contributed by atoms with E-state index < -0.39 is 0 Å². The SMILES string of the molecule is Cn1cc([C@H]2CN(Cc3cc4ccccc4[nH]c3=O)C[C@@H]2C(N)=O)cn1.I. The monoisotopic (exact) mass is 479 g/mol. The Labute approximate surface area is 173 Å². The molecule has 2 atom stereocenters. The normalized spacial score (nSPS) is 19.9. The molecule has 1 fully saturated rings. The number of carbonyl (C=O) groups is 1. The predicted molar refractivity (Wildman–Crippen MR) is 114 cm³/mol. The first kappa shape index (κ1) is 19.6. The molecule has 4 rings (SSSR count). The van der Waals surface area contributed by atoms with Crippen molar-refractivity contribution in [1.82, 2.24) is 19.7 Å². The van der Waals surface area contributed by atoms with Gasteiger partial charge in [-0.05, 0) is 23.1 Å². The number of fused-ring (bicyclic) bond motifs is 1. The number of likely N-dealkylation sites (tertiary alicyclic amines) is 1. The number of aromatic amines is 1. The third-order valence-electron chi connectivity index (χ3n) is 5.14. The molecule has 3 N–H and O–H groups in total. The van der Waals surface area contributed by atoms with Crippen LogP contribution in [0, 0.1) is 5.92 Å². The van der Waals surface area contributed by atoms with Crippen LogP contribution in [0.4, 0.5) is 0 Å². The molecule has 0 aliphatic carbocycles. The third-order valence-corrected chi connectivity index (χ3v) is 5.14. The molecule has 7 nitrogen and oxygen atoms in total. The molecule has 3 aromatic rings. The molecule has 8 heteroatoms. The highest BCUT2D eigenvalue weighted by molar-refractivity contribution is 14.0. The summed E-state index contributed by atoms with van der Waals surface area (Å²) in [5, 5.41) is 5.20. The summed E-state index contributed by atoms with van der Waals surface area (Å²) in [4.78, 5) is 29.4. The summed E-state index contributed by atoms with van der Waals surface area (Å²) in [6.45, 7) is 1.70. The molecule has 0 bridgehead atoms. The van der Waals surface area contributed by atoms with E-state index in [0.717, 1.165) is 16.5 Å². The number of benzene rings is 1. The molecule has 0 spiro atoms. The number of para-hydroxylation sites is 1. The second-order valence-electron chi connectivity index (χ2n) is 6.97. The topological polar surface area (TPSA) is 97.0 Å². The average Bonchev–Trinajstić information content (AvgIpc) is 3.22. The van der Waals surface area contributed by atoms with Crippen LogP contribution in [-0.2, 0) is 18.4 Å². The van der Waals surface area contributed by atoms with Gasteiger partial charge in [0.15, 0.2) is 0 Å². The zero-order chi connectivity index (χ0) is 18.3. The van der Waals surface area contributed by atoms with Crippen LogP contribution in [0.25, 0.3) is 10.9 Å². The number of aromatic nitrogens is 3. The molecule has 1 aromatic carbocycles. The van der Waals surface area contributed by atoms with Gasteiger partial charge < -0.3 is 10.7 Å². The minimum atomic E-state index is -0.311. The summed E-state index contributed by atoms with van der Waals surface area (Å²) in [6, 6.07) is 9.63. The molecule has 27 heavy (non-hydrogen) atoms. The molecule has 1 aliphatic rings.